The van der Waals surface area contributed by atoms with Crippen molar-refractivity contribution in [3.05, 3.63) is 0 Å². The third kappa shape index (κ3) is 6.65. The van der Waals surface area contributed by atoms with Gasteiger partial charge in [0.25, 0.3) is 0 Å². The van der Waals surface area contributed by atoms with Crippen LogP contribution in [0, 0.1) is 11.8 Å². The second-order valence-corrected chi connectivity index (χ2v) is 8.36. The van der Waals surface area contributed by atoms with E-state index >= 15 is 0 Å². The van der Waals surface area contributed by atoms with E-state index in [9.17, 15) is 0 Å². The Balaban J connectivity index is 1.56. The highest BCUT2D eigenvalue weighted by atomic mass is 16.5. The summed E-state index contributed by atoms with van der Waals surface area (Å²) in [7, 11) is 0. The maximum atomic E-state index is 5.79. The molecule has 0 aromatic rings. The molecule has 1 unspecified atom stereocenters. The van der Waals surface area contributed by atoms with E-state index in [2.05, 4.69) is 37.5 Å². The normalized spacial score (nSPS) is 29.5. The molecule has 0 radical (unpaired) electrons. The van der Waals surface area contributed by atoms with Crippen LogP contribution in [-0.4, -0.2) is 61.3 Å². The van der Waals surface area contributed by atoms with Gasteiger partial charge in [0.15, 0.2) is 0 Å². The number of hydrogen-bond acceptors (Lipinski definition) is 3. The Morgan fingerprint density at radius 1 is 0.958 bits per heavy atom. The lowest BCUT2D eigenvalue weighted by atomic mass is 9.81. The minimum Gasteiger partial charge on any atom is -0.379 e. The van der Waals surface area contributed by atoms with Crippen LogP contribution in [0.4, 0.5) is 0 Å². The summed E-state index contributed by atoms with van der Waals surface area (Å²) in [6, 6.07) is 0.762. The van der Waals surface area contributed by atoms with E-state index in [-0.39, 0.29) is 0 Å². The lowest BCUT2D eigenvalue weighted by molar-refractivity contribution is 0.0227. The SMILES string of the molecule is CCO[C@H]1CC[C@H](C[C@@H](C)CCN2CCN(C(C)CC)CC2)CC1. The van der Waals surface area contributed by atoms with E-state index in [1.165, 1.54) is 77.7 Å². The third-order valence-corrected chi connectivity index (χ3v) is 6.49. The van der Waals surface area contributed by atoms with Crippen LogP contribution in [0.2, 0.25) is 0 Å². The quantitative estimate of drug-likeness (QED) is 0.619. The van der Waals surface area contributed by atoms with Crippen LogP contribution in [0.3, 0.4) is 0 Å². The first kappa shape index (κ1) is 20.2. The highest BCUT2D eigenvalue weighted by molar-refractivity contribution is 4.77. The molecule has 2 rings (SSSR count). The lowest BCUT2D eigenvalue weighted by Crippen LogP contribution is -2.49. The molecule has 2 atom stereocenters. The summed E-state index contributed by atoms with van der Waals surface area (Å²) in [6.45, 7) is 16.6. The van der Waals surface area contributed by atoms with Gasteiger partial charge in [0.1, 0.15) is 0 Å². The van der Waals surface area contributed by atoms with E-state index in [0.29, 0.717) is 6.10 Å². The number of ether oxygens (including phenoxy) is 1. The average molecular weight is 339 g/mol. The maximum Gasteiger partial charge on any atom is 0.0575 e. The molecular weight excluding hydrogens is 296 g/mol. The summed E-state index contributed by atoms with van der Waals surface area (Å²) in [5, 5.41) is 0. The zero-order valence-corrected chi connectivity index (χ0v) is 16.8. The van der Waals surface area contributed by atoms with Gasteiger partial charge in [-0.1, -0.05) is 13.8 Å². The van der Waals surface area contributed by atoms with Crippen LogP contribution < -0.4 is 0 Å². The molecule has 0 spiro atoms. The Kier molecular flexibility index (Phi) is 9.07. The van der Waals surface area contributed by atoms with Crippen molar-refractivity contribution < 1.29 is 4.74 Å². The fourth-order valence-corrected chi connectivity index (χ4v) is 4.55. The van der Waals surface area contributed by atoms with E-state index in [1.807, 2.05) is 0 Å². The van der Waals surface area contributed by atoms with E-state index in [4.69, 9.17) is 4.74 Å². The molecule has 2 fully saturated rings. The van der Waals surface area contributed by atoms with Crippen LogP contribution in [-0.2, 0) is 4.74 Å². The molecule has 142 valence electrons. The zero-order valence-electron chi connectivity index (χ0n) is 16.8. The van der Waals surface area contributed by atoms with Gasteiger partial charge in [-0.3, -0.25) is 4.90 Å². The summed E-state index contributed by atoms with van der Waals surface area (Å²) in [6.07, 6.45) is 10.0. The first-order chi connectivity index (χ1) is 11.6. The fourth-order valence-electron chi connectivity index (χ4n) is 4.55. The molecule has 1 saturated carbocycles. The second kappa shape index (κ2) is 10.8. The van der Waals surface area contributed by atoms with Gasteiger partial charge in [0.05, 0.1) is 6.10 Å². The average Bonchev–Trinajstić information content (AvgIpc) is 2.61. The Morgan fingerprint density at radius 3 is 2.21 bits per heavy atom. The van der Waals surface area contributed by atoms with Gasteiger partial charge in [-0.2, -0.15) is 0 Å². The fraction of sp³-hybridized carbons (Fsp3) is 1.00. The predicted octanol–water partition coefficient (Wildman–Crippen LogP) is 4.41. The van der Waals surface area contributed by atoms with Gasteiger partial charge in [-0.15, -0.1) is 0 Å². The second-order valence-electron chi connectivity index (χ2n) is 8.36. The van der Waals surface area contributed by atoms with Gasteiger partial charge in [0.2, 0.25) is 0 Å². The van der Waals surface area contributed by atoms with Gasteiger partial charge >= 0.3 is 0 Å². The predicted molar refractivity (Wildman–Crippen MR) is 104 cm³/mol. The largest absolute Gasteiger partial charge is 0.379 e. The van der Waals surface area contributed by atoms with Crippen LogP contribution in [0.5, 0.6) is 0 Å². The van der Waals surface area contributed by atoms with Crippen molar-refractivity contribution in [1.82, 2.24) is 9.80 Å². The third-order valence-electron chi connectivity index (χ3n) is 6.49. The number of nitrogens with zero attached hydrogens (tertiary/aromatic N) is 2. The van der Waals surface area contributed by atoms with Crippen molar-refractivity contribution in [3.8, 4) is 0 Å². The van der Waals surface area contributed by atoms with E-state index in [1.54, 1.807) is 0 Å². The molecule has 1 heterocycles. The lowest BCUT2D eigenvalue weighted by Gasteiger charge is -2.38. The molecule has 3 nitrogen and oxygen atoms in total. The highest BCUT2D eigenvalue weighted by Gasteiger charge is 2.24. The van der Waals surface area contributed by atoms with Crippen LogP contribution in [0.1, 0.15) is 72.6 Å². The molecule has 24 heavy (non-hydrogen) atoms. The van der Waals surface area contributed by atoms with E-state index < -0.39 is 0 Å². The summed E-state index contributed by atoms with van der Waals surface area (Å²) in [4.78, 5) is 5.36. The van der Waals surface area contributed by atoms with Crippen molar-refractivity contribution in [2.75, 3.05) is 39.3 Å². The molecule has 0 amide bonds. The molecule has 1 saturated heterocycles. The van der Waals surface area contributed by atoms with Crippen LogP contribution in [0.15, 0.2) is 0 Å². The standard InChI is InChI=1S/C21H42N2O/c1-5-19(4)23-15-13-22(14-16-23)12-11-18(3)17-20-7-9-21(10-8-20)24-6-2/h18-21H,5-17H2,1-4H3/t18-,19?,20-,21-/m0/s1. The summed E-state index contributed by atoms with van der Waals surface area (Å²) < 4.78 is 5.79. The smallest absolute Gasteiger partial charge is 0.0575 e. The van der Waals surface area contributed by atoms with Crippen molar-refractivity contribution in [2.24, 2.45) is 11.8 Å². The molecule has 2 aliphatic rings. The van der Waals surface area contributed by atoms with Crippen molar-refractivity contribution in [2.45, 2.75) is 84.8 Å². The molecular formula is C21H42N2O. The van der Waals surface area contributed by atoms with Crippen molar-refractivity contribution >= 4 is 0 Å². The van der Waals surface area contributed by atoms with Crippen molar-refractivity contribution in [3.63, 3.8) is 0 Å². The highest BCUT2D eigenvalue weighted by Crippen LogP contribution is 2.31. The topological polar surface area (TPSA) is 15.7 Å². The van der Waals surface area contributed by atoms with E-state index in [0.717, 1.165) is 24.5 Å². The molecule has 3 heteroatoms. The molecule has 1 aliphatic carbocycles. The Hall–Kier alpha value is -0.120. The van der Waals surface area contributed by atoms with Gasteiger partial charge in [-0.05, 0) is 77.2 Å². The minimum atomic E-state index is 0.559. The summed E-state index contributed by atoms with van der Waals surface area (Å²) >= 11 is 0. The number of piperazine rings is 1. The molecule has 0 aromatic carbocycles. The maximum absolute atomic E-state index is 5.79. The van der Waals surface area contributed by atoms with Crippen LogP contribution >= 0.6 is 0 Å². The van der Waals surface area contributed by atoms with Crippen molar-refractivity contribution in [1.29, 1.82) is 0 Å². The van der Waals surface area contributed by atoms with Gasteiger partial charge in [-0.25, -0.2) is 0 Å². The Bertz CT molecular complexity index is 320. The number of rotatable bonds is 9. The summed E-state index contributed by atoms with van der Waals surface area (Å²) in [5.74, 6) is 1.84. The minimum absolute atomic E-state index is 0.559. The summed E-state index contributed by atoms with van der Waals surface area (Å²) in [5.41, 5.74) is 0. The first-order valence-corrected chi connectivity index (χ1v) is 10.7. The number of hydrogen-bond donors (Lipinski definition) is 0. The monoisotopic (exact) mass is 338 g/mol. The Labute approximate surface area is 151 Å². The molecule has 0 aromatic heterocycles. The molecule has 0 bridgehead atoms. The van der Waals surface area contributed by atoms with Crippen LogP contribution in [0.25, 0.3) is 0 Å². The molecule has 0 N–H and O–H groups in total. The van der Waals surface area contributed by atoms with Gasteiger partial charge < -0.3 is 9.64 Å². The Morgan fingerprint density at radius 2 is 1.62 bits per heavy atom. The van der Waals surface area contributed by atoms with Gasteiger partial charge in [0, 0.05) is 38.8 Å². The first-order valence-electron chi connectivity index (χ1n) is 10.7. The molecule has 1 aliphatic heterocycles. The zero-order chi connectivity index (χ0) is 17.4.